The zero-order valence-corrected chi connectivity index (χ0v) is 15.3. The van der Waals surface area contributed by atoms with Gasteiger partial charge in [0.2, 0.25) is 12.7 Å². The molecule has 2 heterocycles. The Hall–Kier alpha value is -2.12. The number of thiazole rings is 1. The highest BCUT2D eigenvalue weighted by atomic mass is 32.1. The second-order valence-electron chi connectivity index (χ2n) is 6.24. The van der Waals surface area contributed by atoms with Crippen LogP contribution < -0.4 is 20.5 Å². The predicted octanol–water partition coefficient (Wildman–Crippen LogP) is 2.72. The van der Waals surface area contributed by atoms with Gasteiger partial charge in [-0.05, 0) is 31.0 Å². The maximum absolute atomic E-state index is 12.2. The second-order valence-corrected chi connectivity index (χ2v) is 7.09. The molecule has 3 rings (SSSR count). The van der Waals surface area contributed by atoms with Crippen LogP contribution in [0.2, 0.25) is 0 Å². The highest BCUT2D eigenvalue weighted by Crippen LogP contribution is 2.36. The smallest absolute Gasteiger partial charge is 0.231 e. The van der Waals surface area contributed by atoms with E-state index in [9.17, 15) is 4.79 Å². The minimum Gasteiger partial charge on any atom is -0.454 e. The molecule has 1 aromatic carbocycles. The lowest BCUT2D eigenvalue weighted by Crippen LogP contribution is -2.49. The van der Waals surface area contributed by atoms with E-state index >= 15 is 0 Å². The summed E-state index contributed by atoms with van der Waals surface area (Å²) in [6.07, 6.45) is 1.91. The zero-order valence-electron chi connectivity index (χ0n) is 14.5. The molecule has 0 spiro atoms. The number of rotatable bonds is 7. The number of aromatic nitrogens is 1. The molecule has 1 aromatic heterocycles. The third kappa shape index (κ3) is 4.11. The van der Waals surface area contributed by atoms with E-state index in [0.717, 1.165) is 40.6 Å². The van der Waals surface area contributed by atoms with Gasteiger partial charge in [-0.25, -0.2) is 4.98 Å². The predicted molar refractivity (Wildman–Crippen MR) is 97.9 cm³/mol. The minimum atomic E-state index is -0.338. The molecule has 0 unspecified atom stereocenters. The monoisotopic (exact) mass is 361 g/mol. The molecule has 0 saturated heterocycles. The lowest BCUT2D eigenvalue weighted by atomic mass is 9.94. The van der Waals surface area contributed by atoms with Crippen LogP contribution in [0.3, 0.4) is 0 Å². The van der Waals surface area contributed by atoms with Gasteiger partial charge in [0.05, 0.1) is 12.1 Å². The van der Waals surface area contributed by atoms with Crippen LogP contribution >= 0.6 is 11.3 Å². The van der Waals surface area contributed by atoms with Crippen molar-refractivity contribution in [3.05, 3.63) is 29.3 Å². The van der Waals surface area contributed by atoms with E-state index in [4.69, 9.17) is 15.2 Å². The molecule has 0 aliphatic carbocycles. The standard InChI is InChI=1S/C18H23N3O3S/c1-3-18(19,4-2)10-20-16(22)8-13-9-25-17(21-13)12-5-6-14-15(7-12)24-11-23-14/h5-7,9H,3-4,8,10-11,19H2,1-2H3,(H,20,22). The van der Waals surface area contributed by atoms with Gasteiger partial charge in [0.15, 0.2) is 11.5 Å². The van der Waals surface area contributed by atoms with E-state index in [1.807, 2.05) is 37.4 Å². The first-order valence-corrected chi connectivity index (χ1v) is 9.31. The number of hydrogen-bond donors (Lipinski definition) is 2. The van der Waals surface area contributed by atoms with Crippen molar-refractivity contribution in [3.8, 4) is 22.1 Å². The first kappa shape index (κ1) is 17.7. The van der Waals surface area contributed by atoms with Crippen LogP contribution in [-0.4, -0.2) is 29.8 Å². The van der Waals surface area contributed by atoms with Crippen molar-refractivity contribution in [2.24, 2.45) is 5.73 Å². The molecule has 6 nitrogen and oxygen atoms in total. The number of nitrogens with two attached hydrogens (primary N) is 1. The van der Waals surface area contributed by atoms with Crippen LogP contribution in [0, 0.1) is 0 Å². The van der Waals surface area contributed by atoms with E-state index in [2.05, 4.69) is 10.3 Å². The summed E-state index contributed by atoms with van der Waals surface area (Å²) in [4.78, 5) is 16.7. The van der Waals surface area contributed by atoms with Crippen molar-refractivity contribution in [1.29, 1.82) is 0 Å². The van der Waals surface area contributed by atoms with Crippen molar-refractivity contribution in [3.63, 3.8) is 0 Å². The summed E-state index contributed by atoms with van der Waals surface area (Å²) in [6.45, 7) is 4.81. The quantitative estimate of drug-likeness (QED) is 0.792. The molecule has 1 aliphatic rings. The topological polar surface area (TPSA) is 86.5 Å². The minimum absolute atomic E-state index is 0.0562. The van der Waals surface area contributed by atoms with Crippen LogP contribution in [0.25, 0.3) is 10.6 Å². The normalized spacial score (nSPS) is 13.1. The average Bonchev–Trinajstić information content (AvgIpc) is 3.28. The number of hydrogen-bond acceptors (Lipinski definition) is 6. The number of carbonyl (C=O) groups excluding carboxylic acids is 1. The molecular formula is C18H23N3O3S. The van der Waals surface area contributed by atoms with Gasteiger partial charge >= 0.3 is 0 Å². The fourth-order valence-corrected chi connectivity index (χ4v) is 3.37. The van der Waals surface area contributed by atoms with Crippen LogP contribution in [-0.2, 0) is 11.2 Å². The van der Waals surface area contributed by atoms with Gasteiger partial charge in [-0.15, -0.1) is 11.3 Å². The maximum atomic E-state index is 12.2. The molecule has 0 fully saturated rings. The number of carbonyl (C=O) groups is 1. The van der Waals surface area contributed by atoms with Gasteiger partial charge < -0.3 is 20.5 Å². The number of amides is 1. The van der Waals surface area contributed by atoms with Gasteiger partial charge in [-0.1, -0.05) is 13.8 Å². The average molecular weight is 361 g/mol. The molecule has 0 atom stereocenters. The molecule has 25 heavy (non-hydrogen) atoms. The van der Waals surface area contributed by atoms with E-state index in [1.165, 1.54) is 11.3 Å². The number of fused-ring (bicyclic) bond motifs is 1. The van der Waals surface area contributed by atoms with Gasteiger partial charge in [-0.3, -0.25) is 4.79 Å². The third-order valence-electron chi connectivity index (χ3n) is 4.56. The van der Waals surface area contributed by atoms with Gasteiger partial charge in [-0.2, -0.15) is 0 Å². The Kier molecular flexibility index (Phi) is 5.24. The van der Waals surface area contributed by atoms with E-state index in [0.29, 0.717) is 6.54 Å². The SMILES string of the molecule is CCC(N)(CC)CNC(=O)Cc1csc(-c2ccc3c(c2)OCO3)n1. The molecule has 7 heteroatoms. The van der Waals surface area contributed by atoms with Crippen LogP contribution in [0.4, 0.5) is 0 Å². The number of ether oxygens (including phenoxy) is 2. The van der Waals surface area contributed by atoms with Crippen LogP contribution in [0.5, 0.6) is 11.5 Å². The molecular weight excluding hydrogens is 338 g/mol. The molecule has 1 amide bonds. The first-order valence-electron chi connectivity index (χ1n) is 8.43. The highest BCUT2D eigenvalue weighted by Gasteiger charge is 2.21. The molecule has 0 radical (unpaired) electrons. The Balaban J connectivity index is 1.61. The Bertz CT molecular complexity index is 756. The Labute approximate surface area is 151 Å². The summed E-state index contributed by atoms with van der Waals surface area (Å²) in [5, 5.41) is 5.69. The summed E-state index contributed by atoms with van der Waals surface area (Å²) in [7, 11) is 0. The summed E-state index contributed by atoms with van der Waals surface area (Å²) in [6, 6.07) is 5.74. The largest absolute Gasteiger partial charge is 0.454 e. The van der Waals surface area contributed by atoms with Crippen molar-refractivity contribution in [2.45, 2.75) is 38.6 Å². The fourth-order valence-electron chi connectivity index (χ4n) is 2.55. The Morgan fingerprint density at radius 2 is 2.08 bits per heavy atom. The van der Waals surface area contributed by atoms with Crippen molar-refractivity contribution in [2.75, 3.05) is 13.3 Å². The van der Waals surface area contributed by atoms with Crippen molar-refractivity contribution >= 4 is 17.2 Å². The summed E-state index contributed by atoms with van der Waals surface area (Å²) < 4.78 is 10.7. The Morgan fingerprint density at radius 1 is 1.32 bits per heavy atom. The lowest BCUT2D eigenvalue weighted by molar-refractivity contribution is -0.120. The van der Waals surface area contributed by atoms with Crippen molar-refractivity contribution in [1.82, 2.24) is 10.3 Å². The first-order chi connectivity index (χ1) is 12.0. The molecule has 1 aliphatic heterocycles. The molecule has 3 N–H and O–H groups in total. The summed E-state index contributed by atoms with van der Waals surface area (Å²) in [5.74, 6) is 1.42. The van der Waals surface area contributed by atoms with Gasteiger partial charge in [0.25, 0.3) is 0 Å². The fraction of sp³-hybridized carbons (Fsp3) is 0.444. The summed E-state index contributed by atoms with van der Waals surface area (Å²) >= 11 is 1.51. The van der Waals surface area contributed by atoms with Gasteiger partial charge in [0, 0.05) is 23.0 Å². The van der Waals surface area contributed by atoms with Crippen LogP contribution in [0.15, 0.2) is 23.6 Å². The lowest BCUT2D eigenvalue weighted by Gasteiger charge is -2.26. The van der Waals surface area contributed by atoms with Gasteiger partial charge in [0.1, 0.15) is 5.01 Å². The van der Waals surface area contributed by atoms with E-state index in [1.54, 1.807) is 0 Å². The third-order valence-corrected chi connectivity index (χ3v) is 5.50. The van der Waals surface area contributed by atoms with E-state index in [-0.39, 0.29) is 24.7 Å². The molecule has 2 aromatic rings. The maximum Gasteiger partial charge on any atom is 0.231 e. The zero-order chi connectivity index (χ0) is 17.9. The highest BCUT2D eigenvalue weighted by molar-refractivity contribution is 7.13. The van der Waals surface area contributed by atoms with Crippen molar-refractivity contribution < 1.29 is 14.3 Å². The number of benzene rings is 1. The van der Waals surface area contributed by atoms with Crippen LogP contribution in [0.1, 0.15) is 32.4 Å². The molecule has 134 valence electrons. The second kappa shape index (κ2) is 7.41. The van der Waals surface area contributed by atoms with E-state index < -0.39 is 0 Å². The molecule has 0 bridgehead atoms. The number of nitrogens with one attached hydrogen (secondary N) is 1. The Morgan fingerprint density at radius 3 is 2.84 bits per heavy atom. The molecule has 0 saturated carbocycles. The summed E-state index contributed by atoms with van der Waals surface area (Å²) in [5.41, 5.74) is 7.59. The number of nitrogens with zero attached hydrogens (tertiary/aromatic N) is 1.